The van der Waals surface area contributed by atoms with Gasteiger partial charge in [0.05, 0.1) is 18.3 Å². The minimum Gasteiger partial charge on any atom is -0.444 e. The first-order chi connectivity index (χ1) is 13.0. The second kappa shape index (κ2) is 7.58. The quantitative estimate of drug-likeness (QED) is 0.790. The van der Waals surface area contributed by atoms with E-state index < -0.39 is 11.7 Å². The van der Waals surface area contributed by atoms with Crippen molar-refractivity contribution in [2.24, 2.45) is 0 Å². The molecule has 2 heterocycles. The van der Waals surface area contributed by atoms with Gasteiger partial charge in [-0.1, -0.05) is 26.8 Å². The van der Waals surface area contributed by atoms with Gasteiger partial charge in [0.2, 0.25) is 5.89 Å². The van der Waals surface area contributed by atoms with Crippen LogP contribution >= 0.6 is 0 Å². The number of nitrogens with zero attached hydrogens (tertiary/aromatic N) is 3. The van der Waals surface area contributed by atoms with Crippen LogP contribution in [0.4, 0.5) is 13.2 Å². The van der Waals surface area contributed by atoms with Crippen LogP contribution < -0.4 is 0 Å². The fraction of sp³-hybridized carbons (Fsp3) is 0.500. The van der Waals surface area contributed by atoms with Gasteiger partial charge in [-0.2, -0.15) is 13.2 Å². The smallest absolute Gasteiger partial charge is 0.416 e. The maximum Gasteiger partial charge on any atom is 0.416 e. The lowest BCUT2D eigenvalue weighted by atomic mass is 9.94. The number of aromatic nitrogens is 1. The molecule has 0 aliphatic carbocycles. The zero-order valence-corrected chi connectivity index (χ0v) is 16.2. The van der Waals surface area contributed by atoms with E-state index in [-0.39, 0.29) is 16.9 Å². The summed E-state index contributed by atoms with van der Waals surface area (Å²) in [6, 6.07) is 4.57. The molecule has 1 amide bonds. The van der Waals surface area contributed by atoms with Gasteiger partial charge >= 0.3 is 6.18 Å². The molecule has 3 rings (SSSR count). The first kappa shape index (κ1) is 20.4. The van der Waals surface area contributed by atoms with Crippen LogP contribution in [0, 0.1) is 0 Å². The highest BCUT2D eigenvalue weighted by molar-refractivity contribution is 5.94. The molecule has 1 aliphatic heterocycles. The predicted octanol–water partition coefficient (Wildman–Crippen LogP) is 3.95. The standard InChI is InChI=1S/C20H24F3N3O2/c1-19(2,3)16-12-24-17(28-16)13-25-7-9-26(10-8-25)18(27)14-5-4-6-15(11-14)20(21,22)23/h4-6,11-12H,7-10,13H2,1-3H3. The summed E-state index contributed by atoms with van der Waals surface area (Å²) < 4.78 is 44.4. The highest BCUT2D eigenvalue weighted by atomic mass is 19.4. The third-order valence-corrected chi connectivity index (χ3v) is 4.75. The number of piperazine rings is 1. The second-order valence-electron chi connectivity index (χ2n) is 8.02. The monoisotopic (exact) mass is 395 g/mol. The molecule has 5 nitrogen and oxygen atoms in total. The van der Waals surface area contributed by atoms with Crippen LogP contribution in [0.3, 0.4) is 0 Å². The largest absolute Gasteiger partial charge is 0.444 e. The summed E-state index contributed by atoms with van der Waals surface area (Å²) in [5.41, 5.74) is -0.859. The van der Waals surface area contributed by atoms with E-state index in [1.165, 1.54) is 12.1 Å². The normalized spacial score (nSPS) is 16.4. The number of amides is 1. The summed E-state index contributed by atoms with van der Waals surface area (Å²) >= 11 is 0. The summed E-state index contributed by atoms with van der Waals surface area (Å²) in [4.78, 5) is 20.6. The molecule has 8 heteroatoms. The van der Waals surface area contributed by atoms with Crippen LogP contribution in [0.25, 0.3) is 0 Å². The molecule has 1 saturated heterocycles. The molecule has 0 unspecified atom stereocenters. The van der Waals surface area contributed by atoms with Gasteiger partial charge in [0, 0.05) is 37.2 Å². The first-order valence-electron chi connectivity index (χ1n) is 9.18. The van der Waals surface area contributed by atoms with Crippen molar-refractivity contribution in [1.29, 1.82) is 0 Å². The molecule has 0 radical (unpaired) electrons. The minimum atomic E-state index is -4.46. The van der Waals surface area contributed by atoms with Crippen molar-refractivity contribution >= 4 is 5.91 Å². The Morgan fingerprint density at radius 1 is 1.14 bits per heavy atom. The average molecular weight is 395 g/mol. The van der Waals surface area contributed by atoms with Crippen LogP contribution in [0.2, 0.25) is 0 Å². The van der Waals surface area contributed by atoms with Gasteiger partial charge in [0.1, 0.15) is 5.76 Å². The SMILES string of the molecule is CC(C)(C)c1cnc(CN2CCN(C(=O)c3cccc(C(F)(F)F)c3)CC2)o1. The van der Waals surface area contributed by atoms with E-state index in [9.17, 15) is 18.0 Å². The van der Waals surface area contributed by atoms with E-state index in [4.69, 9.17) is 4.42 Å². The van der Waals surface area contributed by atoms with Crippen molar-refractivity contribution in [3.63, 3.8) is 0 Å². The number of carbonyl (C=O) groups is 1. The summed E-state index contributed by atoms with van der Waals surface area (Å²) in [6.45, 7) is 8.81. The Kier molecular flexibility index (Phi) is 5.52. The van der Waals surface area contributed by atoms with Gasteiger partial charge in [0.15, 0.2) is 0 Å². The predicted molar refractivity (Wildman–Crippen MR) is 97.8 cm³/mol. The zero-order valence-electron chi connectivity index (χ0n) is 16.2. The first-order valence-corrected chi connectivity index (χ1v) is 9.18. The average Bonchev–Trinajstić information content (AvgIpc) is 3.10. The molecule has 1 aromatic carbocycles. The van der Waals surface area contributed by atoms with Gasteiger partial charge in [-0.25, -0.2) is 4.98 Å². The Bertz CT molecular complexity index is 832. The highest BCUT2D eigenvalue weighted by Gasteiger charge is 2.32. The van der Waals surface area contributed by atoms with Gasteiger partial charge in [-0.15, -0.1) is 0 Å². The molecule has 0 saturated carbocycles. The summed E-state index contributed by atoms with van der Waals surface area (Å²) in [5.74, 6) is 1.07. The number of halogens is 3. The van der Waals surface area contributed by atoms with Crippen molar-refractivity contribution in [1.82, 2.24) is 14.8 Å². The Balaban J connectivity index is 1.58. The molecule has 1 aromatic heterocycles. The van der Waals surface area contributed by atoms with E-state index >= 15 is 0 Å². The lowest BCUT2D eigenvalue weighted by Gasteiger charge is -2.34. The Labute approximate surface area is 162 Å². The minimum absolute atomic E-state index is 0.0609. The van der Waals surface area contributed by atoms with Gasteiger partial charge in [-0.3, -0.25) is 9.69 Å². The van der Waals surface area contributed by atoms with Crippen molar-refractivity contribution in [3.8, 4) is 0 Å². The number of alkyl halides is 3. The van der Waals surface area contributed by atoms with Crippen molar-refractivity contribution < 1.29 is 22.4 Å². The summed E-state index contributed by atoms with van der Waals surface area (Å²) in [5, 5.41) is 0. The fourth-order valence-electron chi connectivity index (χ4n) is 3.04. The topological polar surface area (TPSA) is 49.6 Å². The summed E-state index contributed by atoms with van der Waals surface area (Å²) in [7, 11) is 0. The number of hydrogen-bond donors (Lipinski definition) is 0. The number of benzene rings is 1. The van der Waals surface area contributed by atoms with Gasteiger partial charge < -0.3 is 9.32 Å². The maximum atomic E-state index is 12.9. The highest BCUT2D eigenvalue weighted by Crippen LogP contribution is 2.30. The van der Waals surface area contributed by atoms with Crippen LogP contribution in [-0.2, 0) is 18.1 Å². The van der Waals surface area contributed by atoms with Crippen LogP contribution in [0.5, 0.6) is 0 Å². The third kappa shape index (κ3) is 4.73. The van der Waals surface area contributed by atoms with E-state index in [0.29, 0.717) is 38.6 Å². The number of carbonyl (C=O) groups excluding carboxylic acids is 1. The van der Waals surface area contributed by atoms with Crippen LogP contribution in [0.1, 0.15) is 48.3 Å². The second-order valence-corrected chi connectivity index (χ2v) is 8.02. The van der Waals surface area contributed by atoms with E-state index in [0.717, 1.165) is 17.9 Å². The zero-order chi connectivity index (χ0) is 20.5. The molecular weight excluding hydrogens is 371 g/mol. The number of rotatable bonds is 3. The summed E-state index contributed by atoms with van der Waals surface area (Å²) in [6.07, 6.45) is -2.72. The van der Waals surface area contributed by atoms with E-state index in [1.54, 1.807) is 11.1 Å². The molecule has 28 heavy (non-hydrogen) atoms. The van der Waals surface area contributed by atoms with Crippen LogP contribution in [-0.4, -0.2) is 46.9 Å². The molecule has 0 N–H and O–H groups in total. The van der Waals surface area contributed by atoms with Crippen LogP contribution in [0.15, 0.2) is 34.9 Å². The number of oxazole rings is 1. The molecule has 1 fully saturated rings. The molecule has 152 valence electrons. The molecule has 2 aromatic rings. The van der Waals surface area contributed by atoms with E-state index in [2.05, 4.69) is 30.7 Å². The maximum absolute atomic E-state index is 12.9. The van der Waals surface area contributed by atoms with Crippen molar-refractivity contribution in [2.75, 3.05) is 26.2 Å². The Morgan fingerprint density at radius 2 is 1.82 bits per heavy atom. The Hall–Kier alpha value is -2.35. The van der Waals surface area contributed by atoms with Gasteiger partial charge in [0.25, 0.3) is 5.91 Å². The number of hydrogen-bond acceptors (Lipinski definition) is 4. The van der Waals surface area contributed by atoms with E-state index in [1.807, 2.05) is 0 Å². The van der Waals surface area contributed by atoms with Crippen molar-refractivity contribution in [2.45, 2.75) is 38.9 Å². The third-order valence-electron chi connectivity index (χ3n) is 4.75. The lowest BCUT2D eigenvalue weighted by Crippen LogP contribution is -2.48. The molecule has 1 aliphatic rings. The van der Waals surface area contributed by atoms with Crippen molar-refractivity contribution in [3.05, 3.63) is 53.2 Å². The molecular formula is C20H24F3N3O2. The molecule has 0 bridgehead atoms. The Morgan fingerprint density at radius 3 is 2.39 bits per heavy atom. The lowest BCUT2D eigenvalue weighted by molar-refractivity contribution is -0.137. The molecule has 0 spiro atoms. The molecule has 0 atom stereocenters. The fourth-order valence-corrected chi connectivity index (χ4v) is 3.04. The van der Waals surface area contributed by atoms with Gasteiger partial charge in [-0.05, 0) is 18.2 Å².